The summed E-state index contributed by atoms with van der Waals surface area (Å²) in [6, 6.07) is -0.0712. The van der Waals surface area contributed by atoms with E-state index in [0.29, 0.717) is 17.1 Å². The number of aryl methyl sites for hydroxylation is 1. The Morgan fingerprint density at radius 1 is 1.17 bits per heavy atom. The van der Waals surface area contributed by atoms with Gasteiger partial charge >= 0.3 is 5.69 Å². The summed E-state index contributed by atoms with van der Waals surface area (Å²) in [5.74, 6) is 0.629. The van der Waals surface area contributed by atoms with E-state index in [1.807, 2.05) is 23.4 Å². The minimum Gasteiger partial charge on any atom is -0.294 e. The number of rotatable bonds is 3. The second kappa shape index (κ2) is 5.36. The van der Waals surface area contributed by atoms with Crippen LogP contribution in [0, 0.1) is 0 Å². The number of aromatic nitrogens is 4. The third-order valence-corrected chi connectivity index (χ3v) is 4.50. The first-order valence-electron chi connectivity index (χ1n) is 7.89. The van der Waals surface area contributed by atoms with Crippen molar-refractivity contribution in [3.05, 3.63) is 20.8 Å². The fourth-order valence-electron chi connectivity index (χ4n) is 2.92. The van der Waals surface area contributed by atoms with Crippen LogP contribution in [0.15, 0.2) is 14.7 Å². The van der Waals surface area contributed by atoms with Gasteiger partial charge in [0.05, 0.1) is 11.8 Å². The van der Waals surface area contributed by atoms with Crippen LogP contribution < -0.4 is 16.3 Å². The summed E-state index contributed by atoms with van der Waals surface area (Å²) in [5, 5.41) is 6.45. The highest BCUT2D eigenvalue weighted by Crippen LogP contribution is 2.29. The van der Waals surface area contributed by atoms with E-state index in [-0.39, 0.29) is 17.3 Å². The van der Waals surface area contributed by atoms with E-state index >= 15 is 0 Å². The van der Waals surface area contributed by atoms with E-state index < -0.39 is 0 Å². The van der Waals surface area contributed by atoms with E-state index in [1.54, 1.807) is 7.05 Å². The Bertz CT molecular complexity index is 917. The van der Waals surface area contributed by atoms with Crippen LogP contribution in [0.4, 0.5) is 5.95 Å². The van der Waals surface area contributed by atoms with Crippen LogP contribution in [0.2, 0.25) is 0 Å². The summed E-state index contributed by atoms with van der Waals surface area (Å²) in [6.07, 6.45) is 2.02. The minimum absolute atomic E-state index is 0.0712. The molecule has 2 aromatic rings. The number of fused-ring (bicyclic) bond motifs is 3. The average molecular weight is 318 g/mol. The molecule has 0 bridgehead atoms. The molecule has 3 rings (SSSR count). The molecule has 0 amide bonds. The normalized spacial score (nSPS) is 17.5. The third kappa shape index (κ3) is 2.12. The summed E-state index contributed by atoms with van der Waals surface area (Å²) in [5.41, 5.74) is 1.09. The van der Waals surface area contributed by atoms with Crippen LogP contribution in [0.1, 0.15) is 39.7 Å². The molecule has 0 radical (unpaired) electrons. The van der Waals surface area contributed by atoms with Crippen molar-refractivity contribution in [2.75, 3.05) is 11.6 Å². The molecular weight excluding hydrogens is 296 g/mol. The van der Waals surface area contributed by atoms with Crippen molar-refractivity contribution in [1.82, 2.24) is 18.7 Å². The quantitative estimate of drug-likeness (QED) is 0.845. The van der Waals surface area contributed by atoms with Gasteiger partial charge in [-0.2, -0.15) is 10.1 Å². The lowest BCUT2D eigenvalue weighted by molar-refractivity contribution is 0.621. The van der Waals surface area contributed by atoms with Gasteiger partial charge in [-0.1, -0.05) is 13.3 Å². The largest absolute Gasteiger partial charge is 0.332 e. The smallest absolute Gasteiger partial charge is 0.294 e. The van der Waals surface area contributed by atoms with Gasteiger partial charge in [-0.15, -0.1) is 0 Å². The van der Waals surface area contributed by atoms with Crippen LogP contribution in [0.3, 0.4) is 0 Å². The molecule has 0 saturated heterocycles. The first kappa shape index (κ1) is 15.5. The van der Waals surface area contributed by atoms with Crippen LogP contribution in [0.25, 0.3) is 11.2 Å². The van der Waals surface area contributed by atoms with Gasteiger partial charge in [0.1, 0.15) is 0 Å². The SMILES string of the molecule is CCCCN1N=C(C)[C@@H](C)n2c1nc1c2c(=O)n(C)c(=O)n1C. The molecule has 0 fully saturated rings. The molecule has 0 unspecified atom stereocenters. The zero-order valence-corrected chi connectivity index (χ0v) is 14.2. The Balaban J connectivity index is 2.36. The van der Waals surface area contributed by atoms with Crippen molar-refractivity contribution in [3.63, 3.8) is 0 Å². The van der Waals surface area contributed by atoms with Crippen LogP contribution in [-0.4, -0.2) is 30.9 Å². The zero-order valence-electron chi connectivity index (χ0n) is 14.2. The number of hydrazone groups is 1. The first-order valence-corrected chi connectivity index (χ1v) is 7.89. The second-order valence-electron chi connectivity index (χ2n) is 6.05. The number of unbranched alkanes of at least 4 members (excludes halogenated alkanes) is 1. The van der Waals surface area contributed by atoms with Gasteiger partial charge in [0.15, 0.2) is 11.2 Å². The average Bonchev–Trinajstić information content (AvgIpc) is 2.94. The summed E-state index contributed by atoms with van der Waals surface area (Å²) < 4.78 is 4.44. The van der Waals surface area contributed by atoms with Crippen molar-refractivity contribution in [3.8, 4) is 0 Å². The number of imidazole rings is 1. The van der Waals surface area contributed by atoms with E-state index in [2.05, 4.69) is 17.0 Å². The Morgan fingerprint density at radius 2 is 1.87 bits per heavy atom. The molecule has 23 heavy (non-hydrogen) atoms. The van der Waals surface area contributed by atoms with Gasteiger partial charge in [0, 0.05) is 20.6 Å². The molecule has 0 spiro atoms. The summed E-state index contributed by atoms with van der Waals surface area (Å²) in [6.45, 7) is 6.79. The number of hydrogen-bond donors (Lipinski definition) is 0. The maximum absolute atomic E-state index is 12.6. The molecule has 124 valence electrons. The monoisotopic (exact) mass is 318 g/mol. The predicted octanol–water partition coefficient (Wildman–Crippen LogP) is 0.991. The topological polar surface area (TPSA) is 77.4 Å². The first-order chi connectivity index (χ1) is 10.9. The Morgan fingerprint density at radius 3 is 2.52 bits per heavy atom. The number of nitrogens with zero attached hydrogens (tertiary/aromatic N) is 6. The molecule has 0 aliphatic carbocycles. The molecule has 3 heterocycles. The Kier molecular flexibility index (Phi) is 3.62. The minimum atomic E-state index is -0.372. The fraction of sp³-hybridized carbons (Fsp3) is 0.600. The summed E-state index contributed by atoms with van der Waals surface area (Å²) in [4.78, 5) is 29.4. The van der Waals surface area contributed by atoms with Crippen molar-refractivity contribution < 1.29 is 0 Å². The Labute approximate surface area is 133 Å². The molecule has 0 N–H and O–H groups in total. The van der Waals surface area contributed by atoms with Crippen LogP contribution in [0.5, 0.6) is 0 Å². The lowest BCUT2D eigenvalue weighted by Crippen LogP contribution is -2.38. The lowest BCUT2D eigenvalue weighted by atomic mass is 10.2. The predicted molar refractivity (Wildman–Crippen MR) is 90.3 cm³/mol. The summed E-state index contributed by atoms with van der Waals surface area (Å²) >= 11 is 0. The number of hydrogen-bond acceptors (Lipinski definition) is 5. The van der Waals surface area contributed by atoms with Crippen LogP contribution >= 0.6 is 0 Å². The van der Waals surface area contributed by atoms with E-state index in [1.165, 1.54) is 11.6 Å². The molecule has 0 aromatic carbocycles. The van der Waals surface area contributed by atoms with Gasteiger partial charge in [0.2, 0.25) is 5.95 Å². The molecule has 1 atom stereocenters. The Hall–Kier alpha value is -2.38. The molecular formula is C15H22N6O2. The maximum atomic E-state index is 12.6. The van der Waals surface area contributed by atoms with E-state index in [4.69, 9.17) is 0 Å². The molecule has 2 aromatic heterocycles. The van der Waals surface area contributed by atoms with E-state index in [0.717, 1.165) is 29.7 Å². The van der Waals surface area contributed by atoms with Gasteiger partial charge in [-0.25, -0.2) is 9.80 Å². The zero-order chi connectivity index (χ0) is 16.9. The third-order valence-electron chi connectivity index (χ3n) is 4.50. The van der Waals surface area contributed by atoms with Crippen molar-refractivity contribution >= 4 is 22.8 Å². The van der Waals surface area contributed by atoms with Crippen molar-refractivity contribution in [2.45, 2.75) is 39.7 Å². The fourth-order valence-corrected chi connectivity index (χ4v) is 2.92. The van der Waals surface area contributed by atoms with Gasteiger partial charge in [-0.05, 0) is 20.3 Å². The lowest BCUT2D eigenvalue weighted by Gasteiger charge is -2.29. The highest BCUT2D eigenvalue weighted by Gasteiger charge is 2.29. The molecule has 1 aliphatic heterocycles. The summed E-state index contributed by atoms with van der Waals surface area (Å²) in [7, 11) is 3.13. The maximum Gasteiger partial charge on any atom is 0.332 e. The molecule has 0 saturated carbocycles. The van der Waals surface area contributed by atoms with E-state index in [9.17, 15) is 9.59 Å². The number of anilines is 1. The molecule has 8 nitrogen and oxygen atoms in total. The van der Waals surface area contributed by atoms with Crippen LogP contribution in [-0.2, 0) is 14.1 Å². The van der Waals surface area contributed by atoms with Gasteiger partial charge in [0.25, 0.3) is 5.56 Å². The van der Waals surface area contributed by atoms with Crippen molar-refractivity contribution in [2.24, 2.45) is 19.2 Å². The van der Waals surface area contributed by atoms with Gasteiger partial charge < -0.3 is 0 Å². The van der Waals surface area contributed by atoms with Gasteiger partial charge in [-0.3, -0.25) is 18.5 Å². The highest BCUT2D eigenvalue weighted by atomic mass is 16.2. The standard InChI is InChI=1S/C15H22N6O2/c1-6-7-8-20-14-16-12-11(21(14)10(3)9(2)17-20)13(22)19(5)15(23)18(12)4/h10H,6-8H2,1-5H3/t10-/m1/s1. The molecule has 8 heteroatoms. The second-order valence-corrected chi connectivity index (χ2v) is 6.05. The highest BCUT2D eigenvalue weighted by molar-refractivity contribution is 5.90. The molecule has 1 aliphatic rings. The van der Waals surface area contributed by atoms with Crippen molar-refractivity contribution in [1.29, 1.82) is 0 Å².